The number of anilines is 3. The van der Waals surface area contributed by atoms with Crippen LogP contribution in [0.25, 0.3) is 55.4 Å². The molecule has 1 aliphatic heterocycles. The number of hydrogen-bond acceptors (Lipinski definition) is 5. The van der Waals surface area contributed by atoms with Gasteiger partial charge in [0.15, 0.2) is 5.58 Å². The minimum absolute atomic E-state index is 0.337. The van der Waals surface area contributed by atoms with Crippen molar-refractivity contribution in [3.63, 3.8) is 0 Å². The van der Waals surface area contributed by atoms with Crippen LogP contribution < -0.4 is 4.90 Å². The number of benzene rings is 5. The molecule has 214 valence electrons. The summed E-state index contributed by atoms with van der Waals surface area (Å²) < 4.78 is 6.84. The summed E-state index contributed by atoms with van der Waals surface area (Å²) in [5.74, 6) is 0.568. The third kappa shape index (κ3) is 3.77. The van der Waals surface area contributed by atoms with Crippen LogP contribution in [0.3, 0.4) is 0 Å². The molecule has 0 spiro atoms. The van der Waals surface area contributed by atoms with Crippen molar-refractivity contribution in [2.75, 3.05) is 4.90 Å². The van der Waals surface area contributed by atoms with E-state index >= 15 is 0 Å². The fraction of sp³-hybridized carbons (Fsp3) is 0.0750. The van der Waals surface area contributed by atoms with Crippen LogP contribution in [0, 0.1) is 0 Å². The predicted molar refractivity (Wildman–Crippen MR) is 182 cm³/mol. The van der Waals surface area contributed by atoms with Gasteiger partial charge in [0, 0.05) is 27.9 Å². The van der Waals surface area contributed by atoms with Gasteiger partial charge in [0.25, 0.3) is 0 Å². The van der Waals surface area contributed by atoms with Crippen molar-refractivity contribution in [2.45, 2.75) is 19.3 Å². The lowest BCUT2D eigenvalue weighted by molar-refractivity contribution is 0.628. The van der Waals surface area contributed by atoms with Gasteiger partial charge >= 0.3 is 0 Å². The van der Waals surface area contributed by atoms with Gasteiger partial charge in [-0.1, -0.05) is 111 Å². The number of nitrogens with zero attached hydrogens (tertiary/aromatic N) is 4. The molecule has 0 saturated carbocycles. The van der Waals surface area contributed by atoms with Crippen LogP contribution in [0.4, 0.5) is 17.3 Å². The molecule has 0 atom stereocenters. The van der Waals surface area contributed by atoms with Crippen molar-refractivity contribution in [3.05, 3.63) is 145 Å². The number of furan rings is 1. The standard InChI is InChI=1S/C40H28N4O/c1-40(2)29-19-9-10-21-33(29)44(39-42-31(25-14-4-3-5-15-25)24-32(43-39)30-20-12-13-23-41-30)37-36(40)27-17-7-6-16-26(27)35-28-18-8-11-22-34(28)45-38(35)37/h3-24H,1-2H3. The summed E-state index contributed by atoms with van der Waals surface area (Å²) in [4.78, 5) is 17.4. The molecule has 0 aliphatic carbocycles. The van der Waals surface area contributed by atoms with Gasteiger partial charge in [-0.2, -0.15) is 0 Å². The Balaban J connectivity index is 1.45. The summed E-state index contributed by atoms with van der Waals surface area (Å²) in [6, 6.07) is 43.8. The number of fused-ring (bicyclic) bond motifs is 9. The Morgan fingerprint density at radius 1 is 0.622 bits per heavy atom. The highest BCUT2D eigenvalue weighted by molar-refractivity contribution is 6.25. The second-order valence-corrected chi connectivity index (χ2v) is 12.1. The van der Waals surface area contributed by atoms with Crippen LogP contribution in [-0.2, 0) is 5.41 Å². The molecule has 0 unspecified atom stereocenters. The Morgan fingerprint density at radius 2 is 1.31 bits per heavy atom. The van der Waals surface area contributed by atoms with Crippen LogP contribution in [-0.4, -0.2) is 15.0 Å². The van der Waals surface area contributed by atoms with E-state index in [0.29, 0.717) is 5.95 Å². The van der Waals surface area contributed by atoms with Crippen molar-refractivity contribution in [1.29, 1.82) is 0 Å². The number of para-hydroxylation sites is 2. The molecule has 1 aliphatic rings. The normalized spacial score (nSPS) is 13.7. The van der Waals surface area contributed by atoms with Gasteiger partial charge in [0.1, 0.15) is 5.58 Å². The fourth-order valence-corrected chi connectivity index (χ4v) is 7.08. The lowest BCUT2D eigenvalue weighted by atomic mass is 9.71. The quantitative estimate of drug-likeness (QED) is 0.208. The average Bonchev–Trinajstić information content (AvgIpc) is 3.49. The first kappa shape index (κ1) is 25.7. The van der Waals surface area contributed by atoms with E-state index < -0.39 is 0 Å². The first-order valence-electron chi connectivity index (χ1n) is 15.2. The van der Waals surface area contributed by atoms with E-state index in [4.69, 9.17) is 14.4 Å². The molecule has 3 aromatic heterocycles. The highest BCUT2D eigenvalue weighted by Gasteiger charge is 2.42. The van der Waals surface area contributed by atoms with Crippen LogP contribution in [0.1, 0.15) is 25.0 Å². The molecular formula is C40H28N4O. The highest BCUT2D eigenvalue weighted by Crippen LogP contribution is 2.57. The van der Waals surface area contributed by atoms with Crippen LogP contribution >= 0.6 is 0 Å². The first-order chi connectivity index (χ1) is 22.1. The maximum absolute atomic E-state index is 6.84. The molecule has 45 heavy (non-hydrogen) atoms. The van der Waals surface area contributed by atoms with E-state index in [1.807, 2.05) is 48.5 Å². The zero-order valence-corrected chi connectivity index (χ0v) is 24.9. The SMILES string of the molecule is CC1(C)c2ccccc2N(c2nc(-c3ccccc3)cc(-c3ccccn3)n2)c2c1c1ccccc1c1c2oc2ccccc21. The summed E-state index contributed by atoms with van der Waals surface area (Å²) in [6.45, 7) is 4.62. The third-order valence-corrected chi connectivity index (χ3v) is 9.09. The van der Waals surface area contributed by atoms with E-state index in [1.54, 1.807) is 6.20 Å². The average molecular weight is 581 g/mol. The second kappa shape index (κ2) is 9.60. The Labute approximate surface area is 260 Å². The maximum atomic E-state index is 6.84. The number of aromatic nitrogens is 3. The van der Waals surface area contributed by atoms with Crippen molar-refractivity contribution in [1.82, 2.24) is 15.0 Å². The molecule has 0 N–H and O–H groups in total. The highest BCUT2D eigenvalue weighted by atomic mass is 16.3. The summed E-state index contributed by atoms with van der Waals surface area (Å²) in [7, 11) is 0. The van der Waals surface area contributed by atoms with E-state index in [-0.39, 0.29) is 5.41 Å². The second-order valence-electron chi connectivity index (χ2n) is 12.1. The molecule has 0 bridgehead atoms. The monoisotopic (exact) mass is 580 g/mol. The van der Waals surface area contributed by atoms with E-state index in [0.717, 1.165) is 56.0 Å². The minimum atomic E-state index is -0.337. The molecule has 0 saturated heterocycles. The summed E-state index contributed by atoms with van der Waals surface area (Å²) in [5, 5.41) is 4.57. The maximum Gasteiger partial charge on any atom is 0.235 e. The number of pyridine rings is 1. The minimum Gasteiger partial charge on any atom is -0.454 e. The van der Waals surface area contributed by atoms with Crippen molar-refractivity contribution in [3.8, 4) is 22.6 Å². The number of hydrogen-bond donors (Lipinski definition) is 0. The summed E-state index contributed by atoms with van der Waals surface area (Å²) >= 11 is 0. The molecule has 5 heteroatoms. The lowest BCUT2D eigenvalue weighted by Gasteiger charge is -2.41. The van der Waals surface area contributed by atoms with Gasteiger partial charge in [-0.25, -0.2) is 9.97 Å². The van der Waals surface area contributed by atoms with Gasteiger partial charge in [0.2, 0.25) is 5.95 Å². The molecule has 0 amide bonds. The first-order valence-corrected chi connectivity index (χ1v) is 15.2. The van der Waals surface area contributed by atoms with Gasteiger partial charge < -0.3 is 4.42 Å². The van der Waals surface area contributed by atoms with Crippen LogP contribution in [0.5, 0.6) is 0 Å². The van der Waals surface area contributed by atoms with Gasteiger partial charge in [-0.05, 0) is 52.2 Å². The van der Waals surface area contributed by atoms with Gasteiger partial charge in [0.05, 0.1) is 28.5 Å². The molecular weight excluding hydrogens is 552 g/mol. The van der Waals surface area contributed by atoms with E-state index in [1.165, 1.54) is 21.9 Å². The third-order valence-electron chi connectivity index (χ3n) is 9.09. The Morgan fingerprint density at radius 3 is 2.13 bits per heavy atom. The largest absolute Gasteiger partial charge is 0.454 e. The fourth-order valence-electron chi connectivity index (χ4n) is 7.08. The summed E-state index contributed by atoms with van der Waals surface area (Å²) in [6.07, 6.45) is 1.80. The molecule has 4 heterocycles. The topological polar surface area (TPSA) is 55.1 Å². The molecule has 5 aromatic carbocycles. The molecule has 8 aromatic rings. The lowest BCUT2D eigenvalue weighted by Crippen LogP contribution is -2.32. The molecule has 0 fully saturated rings. The van der Waals surface area contributed by atoms with Crippen molar-refractivity contribution in [2.24, 2.45) is 0 Å². The van der Waals surface area contributed by atoms with Gasteiger partial charge in [-0.3, -0.25) is 9.88 Å². The van der Waals surface area contributed by atoms with Crippen LogP contribution in [0.2, 0.25) is 0 Å². The Hall–Kier alpha value is -5.81. The van der Waals surface area contributed by atoms with E-state index in [2.05, 4.69) is 103 Å². The van der Waals surface area contributed by atoms with E-state index in [9.17, 15) is 0 Å². The number of rotatable bonds is 3. The van der Waals surface area contributed by atoms with Crippen LogP contribution in [0.15, 0.2) is 138 Å². The smallest absolute Gasteiger partial charge is 0.235 e. The molecule has 9 rings (SSSR count). The van der Waals surface area contributed by atoms with Gasteiger partial charge in [-0.15, -0.1) is 0 Å². The zero-order chi connectivity index (χ0) is 30.1. The summed E-state index contributed by atoms with van der Waals surface area (Å²) in [5.41, 5.74) is 9.13. The van der Waals surface area contributed by atoms with Crippen molar-refractivity contribution < 1.29 is 4.42 Å². The zero-order valence-electron chi connectivity index (χ0n) is 24.9. The Kier molecular flexibility index (Phi) is 5.47. The molecule has 0 radical (unpaired) electrons. The molecule has 5 nitrogen and oxygen atoms in total. The van der Waals surface area contributed by atoms with Crippen molar-refractivity contribution >= 4 is 50.0 Å². The Bertz CT molecular complexity index is 2350. The predicted octanol–water partition coefficient (Wildman–Crippen LogP) is 10.4.